The highest BCUT2D eigenvalue weighted by Gasteiger charge is 2.03. The molecule has 0 amide bonds. The Morgan fingerprint density at radius 3 is 1.60 bits per heavy atom. The van der Waals surface area contributed by atoms with E-state index in [4.69, 9.17) is 4.80 Å². The number of hydrogen-bond acceptors (Lipinski definition) is 1. The van der Waals surface area contributed by atoms with Gasteiger partial charge in [-0.3, -0.25) is 0 Å². The van der Waals surface area contributed by atoms with E-state index in [1.807, 2.05) is 20.5 Å². The summed E-state index contributed by atoms with van der Waals surface area (Å²) in [5.74, 6) is 0. The zero-order valence-electron chi connectivity index (χ0n) is 3.95. The average molecular weight is 88.0 g/mol. The van der Waals surface area contributed by atoms with Crippen molar-refractivity contribution in [1.82, 2.24) is 0 Å². The third-order valence-electron chi connectivity index (χ3n) is 0. The second-order valence-corrected chi connectivity index (χ2v) is 6.51. The van der Waals surface area contributed by atoms with Crippen LogP contribution in [-0.4, -0.2) is 20.4 Å². The quantitative estimate of drug-likeness (QED) is 0.389. The standard InChI is InChI=1S/C2H9BOSi/c1-5(2,3)4/h4H,3H2,1-2H3. The molecule has 0 heterocycles. The summed E-state index contributed by atoms with van der Waals surface area (Å²) in [5.41, 5.74) is 0. The molecule has 0 atom stereocenters. The first kappa shape index (κ1) is 5.24. The lowest BCUT2D eigenvalue weighted by Gasteiger charge is -2.00. The van der Waals surface area contributed by atoms with E-state index in [0.29, 0.717) is 0 Å². The van der Waals surface area contributed by atoms with E-state index in [1.54, 1.807) is 0 Å². The first-order valence-electron chi connectivity index (χ1n) is 1.72. The van der Waals surface area contributed by atoms with E-state index in [-0.39, 0.29) is 0 Å². The molecule has 0 aromatic rings. The van der Waals surface area contributed by atoms with Gasteiger partial charge in [-0.05, 0) is 0 Å². The average Bonchev–Trinajstić information content (AvgIpc) is 0.722. The summed E-state index contributed by atoms with van der Waals surface area (Å²) in [4.78, 5) is 8.66. The second kappa shape index (κ2) is 1.14. The fraction of sp³-hybridized carbons (Fsp3) is 1.00. The minimum absolute atomic E-state index is 1.61. The zero-order chi connectivity index (χ0) is 4.50. The SMILES string of the molecule is B[Si](C)(C)O. The predicted molar refractivity (Wildman–Crippen MR) is 28.2 cm³/mol. The molecule has 0 fully saturated rings. The largest absolute Gasteiger partial charge is 0.440 e. The van der Waals surface area contributed by atoms with Crippen molar-refractivity contribution >= 4 is 15.6 Å². The van der Waals surface area contributed by atoms with Crippen molar-refractivity contribution < 1.29 is 4.80 Å². The molecule has 5 heavy (non-hydrogen) atoms. The maximum absolute atomic E-state index is 8.66. The van der Waals surface area contributed by atoms with Crippen LogP contribution in [0.15, 0.2) is 0 Å². The number of hydrogen-bond donors (Lipinski definition) is 1. The minimum Gasteiger partial charge on any atom is -0.440 e. The van der Waals surface area contributed by atoms with Crippen LogP contribution in [0.1, 0.15) is 0 Å². The Morgan fingerprint density at radius 1 is 1.60 bits per heavy atom. The van der Waals surface area contributed by atoms with Gasteiger partial charge in [-0.25, -0.2) is 0 Å². The maximum atomic E-state index is 8.66. The third kappa shape index (κ3) is 365. The molecule has 0 aromatic heterocycles. The smallest absolute Gasteiger partial charge is 0.140 e. The normalized spacial score (nSPS) is 11.8. The van der Waals surface area contributed by atoms with E-state index < -0.39 is 8.19 Å². The van der Waals surface area contributed by atoms with Gasteiger partial charge >= 0.3 is 0 Å². The maximum Gasteiger partial charge on any atom is 0.140 e. The fourth-order valence-electron chi connectivity index (χ4n) is 0. The Kier molecular flexibility index (Phi) is 1.20. The predicted octanol–water partition coefficient (Wildman–Crippen LogP) is -0.686. The first-order valence-corrected chi connectivity index (χ1v) is 5.17. The Bertz CT molecular complexity index is 25.1. The molecule has 0 bridgehead atoms. The molecule has 0 aliphatic rings. The van der Waals surface area contributed by atoms with Crippen molar-refractivity contribution in [3.05, 3.63) is 0 Å². The third-order valence-corrected chi connectivity index (χ3v) is 0. The summed E-state index contributed by atoms with van der Waals surface area (Å²) in [7, 11) is 0.271. The molecule has 30 valence electrons. The van der Waals surface area contributed by atoms with Crippen LogP contribution < -0.4 is 0 Å². The molecular weight excluding hydrogens is 78.9 g/mol. The Labute approximate surface area is 34.5 Å². The second-order valence-electron chi connectivity index (χ2n) is 2.17. The van der Waals surface area contributed by atoms with Gasteiger partial charge in [0.2, 0.25) is 0 Å². The van der Waals surface area contributed by atoms with Gasteiger partial charge in [0.05, 0.1) is 0 Å². The van der Waals surface area contributed by atoms with E-state index in [0.717, 1.165) is 0 Å². The van der Waals surface area contributed by atoms with E-state index in [1.165, 1.54) is 0 Å². The van der Waals surface area contributed by atoms with Crippen molar-refractivity contribution in [1.29, 1.82) is 0 Å². The van der Waals surface area contributed by atoms with Gasteiger partial charge in [-0.2, -0.15) is 0 Å². The van der Waals surface area contributed by atoms with Crippen LogP contribution in [0, 0.1) is 0 Å². The van der Waals surface area contributed by atoms with Gasteiger partial charge in [0.25, 0.3) is 0 Å². The van der Waals surface area contributed by atoms with Crippen molar-refractivity contribution in [2.75, 3.05) is 0 Å². The van der Waals surface area contributed by atoms with Crippen LogP contribution >= 0.6 is 0 Å². The van der Waals surface area contributed by atoms with E-state index in [2.05, 4.69) is 0 Å². The van der Waals surface area contributed by atoms with Crippen LogP contribution in [0.3, 0.4) is 0 Å². The molecule has 0 spiro atoms. The Hall–Kier alpha value is 0.242. The molecule has 0 saturated heterocycles. The molecule has 0 aliphatic heterocycles. The lowest BCUT2D eigenvalue weighted by molar-refractivity contribution is 0.577. The topological polar surface area (TPSA) is 20.2 Å². The van der Waals surface area contributed by atoms with Crippen LogP contribution in [0.2, 0.25) is 13.1 Å². The number of rotatable bonds is 0. The lowest BCUT2D eigenvalue weighted by atomic mass is 10.7. The van der Waals surface area contributed by atoms with Gasteiger partial charge in [0.1, 0.15) is 15.6 Å². The molecule has 0 aromatic carbocycles. The van der Waals surface area contributed by atoms with Crippen molar-refractivity contribution in [3.63, 3.8) is 0 Å². The van der Waals surface area contributed by atoms with Gasteiger partial charge in [-0.15, -0.1) is 0 Å². The van der Waals surface area contributed by atoms with Crippen molar-refractivity contribution in [2.45, 2.75) is 13.1 Å². The fourth-order valence-corrected chi connectivity index (χ4v) is 0. The molecule has 3 heteroatoms. The van der Waals surface area contributed by atoms with Gasteiger partial charge in [0, 0.05) is 0 Å². The molecule has 0 unspecified atom stereocenters. The van der Waals surface area contributed by atoms with Gasteiger partial charge in [-0.1, -0.05) is 13.1 Å². The summed E-state index contributed by atoms with van der Waals surface area (Å²) in [6, 6.07) is 0. The van der Waals surface area contributed by atoms with E-state index in [9.17, 15) is 0 Å². The first-order chi connectivity index (χ1) is 2.00. The van der Waals surface area contributed by atoms with Gasteiger partial charge < -0.3 is 4.80 Å². The van der Waals surface area contributed by atoms with Crippen molar-refractivity contribution in [3.8, 4) is 0 Å². The molecule has 0 radical (unpaired) electrons. The summed E-state index contributed by atoms with van der Waals surface area (Å²) in [6.07, 6.45) is 0. The monoisotopic (exact) mass is 88.1 g/mol. The highest BCUT2D eigenvalue weighted by Crippen LogP contribution is 1.81. The highest BCUT2D eigenvalue weighted by molar-refractivity contribution is 7.11. The minimum atomic E-state index is -1.61. The van der Waals surface area contributed by atoms with Crippen LogP contribution in [-0.2, 0) is 0 Å². The molecule has 1 nitrogen and oxygen atoms in total. The van der Waals surface area contributed by atoms with Crippen LogP contribution in [0.25, 0.3) is 0 Å². The van der Waals surface area contributed by atoms with Crippen LogP contribution in [0.5, 0.6) is 0 Å². The van der Waals surface area contributed by atoms with E-state index >= 15 is 0 Å². The molecule has 0 aliphatic carbocycles. The summed E-state index contributed by atoms with van der Waals surface area (Å²) in [6.45, 7) is 3.76. The Balaban J connectivity index is 3.02. The lowest BCUT2D eigenvalue weighted by Crippen LogP contribution is -2.24. The molecular formula is C2H9BOSi. The summed E-state index contributed by atoms with van der Waals surface area (Å²) in [5, 5.41) is 0. The summed E-state index contributed by atoms with van der Waals surface area (Å²) < 4.78 is 0. The molecule has 1 N–H and O–H groups in total. The Morgan fingerprint density at radius 2 is 1.60 bits per heavy atom. The molecule has 0 saturated carbocycles. The zero-order valence-corrected chi connectivity index (χ0v) is 4.95. The van der Waals surface area contributed by atoms with Crippen LogP contribution in [0.4, 0.5) is 0 Å². The molecule has 0 rings (SSSR count). The highest BCUT2D eigenvalue weighted by atomic mass is 28.3. The summed E-state index contributed by atoms with van der Waals surface area (Å²) >= 11 is 0. The van der Waals surface area contributed by atoms with Crippen molar-refractivity contribution in [2.24, 2.45) is 0 Å². The van der Waals surface area contributed by atoms with Gasteiger partial charge in [0.15, 0.2) is 0 Å².